The molecule has 0 aliphatic carbocycles. The Bertz CT molecular complexity index is 910. The van der Waals surface area contributed by atoms with Crippen LogP contribution in [0.3, 0.4) is 0 Å². The van der Waals surface area contributed by atoms with E-state index in [2.05, 4.69) is 19.2 Å². The SMILES string of the molecule is CCC(C)CNC(=O)[C@@H]1OC(C)C[C@@H]1[C@H]1OC(C)(C)N(C(=O)OC(C)(C)C)[C@H]1Cc1ccc(O)cc1. The summed E-state index contributed by atoms with van der Waals surface area (Å²) < 4.78 is 18.5. The van der Waals surface area contributed by atoms with E-state index in [0.29, 0.717) is 25.3 Å². The van der Waals surface area contributed by atoms with Gasteiger partial charge < -0.3 is 24.6 Å². The van der Waals surface area contributed by atoms with Crippen molar-refractivity contribution >= 4 is 12.0 Å². The Morgan fingerprint density at radius 1 is 1.25 bits per heavy atom. The molecule has 36 heavy (non-hydrogen) atoms. The minimum Gasteiger partial charge on any atom is -0.508 e. The van der Waals surface area contributed by atoms with Gasteiger partial charge >= 0.3 is 6.09 Å². The summed E-state index contributed by atoms with van der Waals surface area (Å²) >= 11 is 0. The number of hydrogen-bond donors (Lipinski definition) is 2. The van der Waals surface area contributed by atoms with Gasteiger partial charge in [-0.2, -0.15) is 0 Å². The monoisotopic (exact) mass is 504 g/mol. The standard InChI is InChI=1S/C28H44N2O6/c1-9-17(2)16-29-25(32)24-21(14-18(3)34-24)23-22(15-19-10-12-20(31)13-11-19)30(28(7,8)35-23)26(33)36-27(4,5)6/h10-13,17-18,21-24,31H,9,14-16H2,1-8H3,(H,29,32)/t17?,18?,21-,22+,23-,24-/m1/s1. The summed E-state index contributed by atoms with van der Waals surface area (Å²) in [6.07, 6.45) is 0.451. The van der Waals surface area contributed by atoms with Crippen molar-refractivity contribution in [1.29, 1.82) is 0 Å². The first-order valence-electron chi connectivity index (χ1n) is 13.1. The fourth-order valence-corrected chi connectivity index (χ4v) is 5.13. The van der Waals surface area contributed by atoms with Crippen molar-refractivity contribution in [2.45, 2.75) is 110 Å². The summed E-state index contributed by atoms with van der Waals surface area (Å²) in [5.41, 5.74) is -0.669. The molecule has 2 fully saturated rings. The van der Waals surface area contributed by atoms with Gasteiger partial charge in [-0.3, -0.25) is 9.69 Å². The molecule has 1 aromatic rings. The third-order valence-corrected chi connectivity index (χ3v) is 7.06. The molecule has 0 bridgehead atoms. The van der Waals surface area contributed by atoms with E-state index in [4.69, 9.17) is 14.2 Å². The average molecular weight is 505 g/mol. The van der Waals surface area contributed by atoms with Gasteiger partial charge in [0.25, 0.3) is 0 Å². The molecule has 2 saturated heterocycles. The van der Waals surface area contributed by atoms with Crippen LogP contribution in [0.2, 0.25) is 0 Å². The summed E-state index contributed by atoms with van der Waals surface area (Å²) in [4.78, 5) is 28.3. The van der Waals surface area contributed by atoms with Gasteiger partial charge in [-0.25, -0.2) is 4.79 Å². The number of nitrogens with one attached hydrogen (secondary N) is 1. The average Bonchev–Trinajstić information content (AvgIpc) is 3.28. The van der Waals surface area contributed by atoms with Crippen LogP contribution < -0.4 is 5.32 Å². The van der Waals surface area contributed by atoms with E-state index in [1.807, 2.05) is 53.7 Å². The first kappa shape index (κ1) is 28.3. The van der Waals surface area contributed by atoms with E-state index < -0.39 is 29.6 Å². The van der Waals surface area contributed by atoms with Gasteiger partial charge in [0.15, 0.2) is 0 Å². The summed E-state index contributed by atoms with van der Waals surface area (Å²) in [6, 6.07) is 6.57. The van der Waals surface area contributed by atoms with Crippen molar-refractivity contribution in [1.82, 2.24) is 10.2 Å². The molecule has 2 N–H and O–H groups in total. The molecule has 1 aromatic carbocycles. The van der Waals surface area contributed by atoms with Crippen LogP contribution in [0.1, 0.15) is 73.8 Å². The molecule has 0 radical (unpaired) electrons. The number of benzene rings is 1. The van der Waals surface area contributed by atoms with Gasteiger partial charge in [0.05, 0.1) is 18.2 Å². The number of ether oxygens (including phenoxy) is 3. The Morgan fingerprint density at radius 3 is 2.47 bits per heavy atom. The lowest BCUT2D eigenvalue weighted by Gasteiger charge is -2.35. The van der Waals surface area contributed by atoms with Crippen LogP contribution in [-0.4, -0.2) is 64.2 Å². The molecule has 0 aromatic heterocycles. The van der Waals surface area contributed by atoms with E-state index in [0.717, 1.165) is 12.0 Å². The smallest absolute Gasteiger partial charge is 0.412 e. The van der Waals surface area contributed by atoms with Gasteiger partial charge in [-0.1, -0.05) is 32.4 Å². The zero-order valence-corrected chi connectivity index (χ0v) is 23.0. The number of rotatable bonds is 7. The summed E-state index contributed by atoms with van der Waals surface area (Å²) in [6.45, 7) is 16.0. The Kier molecular flexibility index (Phi) is 8.61. The van der Waals surface area contributed by atoms with Gasteiger partial charge in [-0.15, -0.1) is 0 Å². The van der Waals surface area contributed by atoms with Gasteiger partial charge in [0.2, 0.25) is 5.91 Å². The molecule has 202 valence electrons. The number of carbonyl (C=O) groups is 2. The lowest BCUT2D eigenvalue weighted by atomic mass is 9.86. The van der Waals surface area contributed by atoms with Crippen LogP contribution in [0.25, 0.3) is 0 Å². The number of carbonyl (C=O) groups excluding carboxylic acids is 2. The van der Waals surface area contributed by atoms with Crippen molar-refractivity contribution < 1.29 is 28.9 Å². The van der Waals surface area contributed by atoms with E-state index >= 15 is 0 Å². The zero-order chi connectivity index (χ0) is 26.8. The number of nitrogens with zero attached hydrogens (tertiary/aromatic N) is 1. The maximum absolute atomic E-state index is 13.5. The molecule has 8 heteroatoms. The molecule has 2 aliphatic heterocycles. The Morgan fingerprint density at radius 2 is 1.89 bits per heavy atom. The second-order valence-corrected chi connectivity index (χ2v) is 11.8. The molecule has 0 spiro atoms. The third-order valence-electron chi connectivity index (χ3n) is 7.06. The second kappa shape index (κ2) is 11.0. The normalized spacial score (nSPS) is 28.7. The highest BCUT2D eigenvalue weighted by Crippen LogP contribution is 2.43. The van der Waals surface area contributed by atoms with Crippen molar-refractivity contribution in [2.75, 3.05) is 6.54 Å². The van der Waals surface area contributed by atoms with Crippen LogP contribution in [0, 0.1) is 11.8 Å². The molecule has 2 aliphatic rings. The fourth-order valence-electron chi connectivity index (χ4n) is 5.13. The lowest BCUT2D eigenvalue weighted by molar-refractivity contribution is -0.138. The molecular formula is C28H44N2O6. The number of hydrogen-bond acceptors (Lipinski definition) is 6. The first-order valence-corrected chi connectivity index (χ1v) is 13.1. The minimum absolute atomic E-state index is 0.106. The largest absolute Gasteiger partial charge is 0.508 e. The predicted octanol–water partition coefficient (Wildman–Crippen LogP) is 4.63. The molecule has 0 saturated carbocycles. The summed E-state index contributed by atoms with van der Waals surface area (Å²) in [7, 11) is 0. The highest BCUT2D eigenvalue weighted by atomic mass is 16.6. The van der Waals surface area contributed by atoms with E-state index in [1.54, 1.807) is 17.0 Å². The fraction of sp³-hybridized carbons (Fsp3) is 0.714. The molecule has 2 unspecified atom stereocenters. The Hall–Kier alpha value is -2.32. The van der Waals surface area contributed by atoms with E-state index in [1.165, 1.54) is 0 Å². The molecule has 6 atom stereocenters. The van der Waals surface area contributed by atoms with Crippen molar-refractivity contribution in [3.63, 3.8) is 0 Å². The molecule has 3 rings (SSSR count). The van der Waals surface area contributed by atoms with Crippen molar-refractivity contribution in [3.05, 3.63) is 29.8 Å². The highest BCUT2D eigenvalue weighted by Gasteiger charge is 2.57. The highest BCUT2D eigenvalue weighted by molar-refractivity contribution is 5.81. The number of aromatic hydroxyl groups is 1. The summed E-state index contributed by atoms with van der Waals surface area (Å²) in [5.74, 6) is 0.187. The number of phenols is 1. The molecule has 2 amide bonds. The second-order valence-electron chi connectivity index (χ2n) is 11.8. The third kappa shape index (κ3) is 6.71. The summed E-state index contributed by atoms with van der Waals surface area (Å²) in [5, 5.41) is 12.8. The molecule has 8 nitrogen and oxygen atoms in total. The Labute approximate surface area is 215 Å². The number of amides is 2. The molecule has 2 heterocycles. The van der Waals surface area contributed by atoms with E-state index in [9.17, 15) is 14.7 Å². The van der Waals surface area contributed by atoms with Crippen molar-refractivity contribution in [3.8, 4) is 5.75 Å². The van der Waals surface area contributed by atoms with Gasteiger partial charge in [-0.05, 0) is 78.0 Å². The van der Waals surface area contributed by atoms with Gasteiger partial charge in [0.1, 0.15) is 23.2 Å². The van der Waals surface area contributed by atoms with E-state index in [-0.39, 0.29) is 29.7 Å². The van der Waals surface area contributed by atoms with Crippen LogP contribution in [-0.2, 0) is 25.4 Å². The quantitative estimate of drug-likeness (QED) is 0.562. The predicted molar refractivity (Wildman–Crippen MR) is 138 cm³/mol. The maximum atomic E-state index is 13.5. The Balaban J connectivity index is 1.94. The van der Waals surface area contributed by atoms with Gasteiger partial charge in [0, 0.05) is 12.5 Å². The zero-order valence-electron chi connectivity index (χ0n) is 23.0. The lowest BCUT2D eigenvalue weighted by Crippen LogP contribution is -2.52. The maximum Gasteiger partial charge on any atom is 0.412 e. The van der Waals surface area contributed by atoms with Crippen molar-refractivity contribution in [2.24, 2.45) is 11.8 Å². The number of phenolic OH excluding ortho intramolecular Hbond substituents is 1. The minimum atomic E-state index is -0.946. The first-order chi connectivity index (χ1) is 16.7. The van der Waals surface area contributed by atoms with Crippen LogP contribution in [0.15, 0.2) is 24.3 Å². The van der Waals surface area contributed by atoms with Crippen LogP contribution in [0.5, 0.6) is 5.75 Å². The topological polar surface area (TPSA) is 97.3 Å². The molecular weight excluding hydrogens is 460 g/mol. The van der Waals surface area contributed by atoms with Crippen LogP contribution in [0.4, 0.5) is 4.79 Å². The van der Waals surface area contributed by atoms with Crippen LogP contribution >= 0.6 is 0 Å².